The van der Waals surface area contributed by atoms with Gasteiger partial charge in [0.25, 0.3) is 0 Å². The quantitative estimate of drug-likeness (QED) is 0.147. The van der Waals surface area contributed by atoms with E-state index in [0.717, 1.165) is 0 Å². The maximum atomic E-state index is 2.31. The second kappa shape index (κ2) is 72.9. The van der Waals surface area contributed by atoms with E-state index in [2.05, 4.69) is 83.1 Å². The van der Waals surface area contributed by atoms with Crippen LogP contribution in [0, 0.1) is 0 Å². The Hall–Kier alpha value is 6.10. The Balaban J connectivity index is -0.0000000199. The molecule has 0 saturated carbocycles. The van der Waals surface area contributed by atoms with Crippen molar-refractivity contribution in [2.75, 3.05) is 73.9 Å². The van der Waals surface area contributed by atoms with Gasteiger partial charge >= 0.3 is 34.1 Å². The van der Waals surface area contributed by atoms with Gasteiger partial charge in [0.1, 0.15) is 0 Å². The van der Waals surface area contributed by atoms with Crippen LogP contribution < -0.4 is 0 Å². The van der Waals surface area contributed by atoms with Crippen molar-refractivity contribution >= 4 is 100.0 Å². The second-order valence-electron chi connectivity index (χ2n) is 7.24. The van der Waals surface area contributed by atoms with Crippen LogP contribution in [-0.4, -0.2) is 142 Å². The van der Waals surface area contributed by atoms with Crippen LogP contribution in [0.2, 0.25) is 0 Å². The van der Waals surface area contributed by atoms with Gasteiger partial charge in [-0.05, 0) is 115 Å². The normalized spacial score (nSPS) is 8.00. The fourth-order valence-corrected chi connectivity index (χ4v) is 9.00. The third-order valence-corrected chi connectivity index (χ3v) is 18.0. The minimum absolute atomic E-state index is 0. The predicted molar refractivity (Wildman–Crippen MR) is 186 cm³/mol. The van der Waals surface area contributed by atoms with E-state index in [1.165, 1.54) is 73.9 Å². The van der Waals surface area contributed by atoms with Gasteiger partial charge in [-0.2, -0.15) is 0 Å². The SMILES string of the molecule is CC[PH+](CC)CC.CC[PH+](CC)CC.CC[PH+](CC)CC.CC[PH+](CC)CC.[Cu].[Cu].[Cu].[Nb].[SeH].[SeH].[Se].[Se]. The number of hydrogen-bond acceptors (Lipinski definition) is 0. The number of hydrogen-bond donors (Lipinski definition) is 0. The molecular weight excluding hydrogens is 1010 g/mol. The van der Waals surface area contributed by atoms with Crippen molar-refractivity contribution in [2.24, 2.45) is 0 Å². The zero-order valence-corrected chi connectivity index (χ0v) is 41.8. The molecule has 0 spiro atoms. The van der Waals surface area contributed by atoms with Crippen molar-refractivity contribution in [3.63, 3.8) is 0 Å². The van der Waals surface area contributed by atoms with Gasteiger partial charge in [-0.1, -0.05) is 0 Å². The molecule has 0 amide bonds. The zero-order chi connectivity index (χ0) is 22.8. The van der Waals surface area contributed by atoms with E-state index < -0.39 is 0 Å². The van der Waals surface area contributed by atoms with E-state index in [1.54, 1.807) is 0 Å². The van der Waals surface area contributed by atoms with E-state index >= 15 is 0 Å². The van der Waals surface area contributed by atoms with Crippen LogP contribution >= 0.6 is 31.7 Å². The molecule has 0 bridgehead atoms. The molecule has 0 aromatic rings. The van der Waals surface area contributed by atoms with Crippen LogP contribution in [0.3, 0.4) is 0 Å². The largest absolute Gasteiger partial charge is 0 e. The summed E-state index contributed by atoms with van der Waals surface area (Å²) in [5.74, 6) is 0. The molecule has 0 atom stereocenters. The molecular formula is C24H66Cu3NbP4Se4+4. The van der Waals surface area contributed by atoms with Gasteiger partial charge in [0, 0.05) is 108 Å². The standard InChI is InChI=1S/4C6H15P.3Cu.Nb.2HSe.2Se/c4*1-4-7(5-2)6-3;;;;;;;;/h4*4-6H2,1-3H3;;;;;2*1H;;/p+4. The van der Waals surface area contributed by atoms with Crippen LogP contribution in [0.15, 0.2) is 0 Å². The Morgan fingerprint density at radius 1 is 0.278 bits per heavy atom. The van der Waals surface area contributed by atoms with Crippen molar-refractivity contribution in [1.82, 2.24) is 0 Å². The van der Waals surface area contributed by atoms with E-state index in [-0.39, 0.29) is 174 Å². The first-order valence-electron chi connectivity index (χ1n) is 12.7. The minimum Gasteiger partial charge on any atom is 0 e. The van der Waals surface area contributed by atoms with Crippen molar-refractivity contribution in [3.05, 3.63) is 0 Å². The number of rotatable bonds is 12. The molecule has 10 radical (unpaired) electrons. The van der Waals surface area contributed by atoms with Crippen molar-refractivity contribution in [1.29, 1.82) is 0 Å². The summed E-state index contributed by atoms with van der Waals surface area (Å²) in [6, 6.07) is 0. The molecule has 0 heterocycles. The summed E-state index contributed by atoms with van der Waals surface area (Å²) in [5, 5.41) is 0. The van der Waals surface area contributed by atoms with Crippen LogP contribution in [0.25, 0.3) is 0 Å². The maximum absolute atomic E-state index is 2.31. The maximum Gasteiger partial charge on any atom is 0 e. The summed E-state index contributed by atoms with van der Waals surface area (Å²) in [7, 11) is 0.549. The summed E-state index contributed by atoms with van der Waals surface area (Å²) in [6.45, 7) is 27.7. The molecule has 0 nitrogen and oxygen atoms in total. The summed E-state index contributed by atoms with van der Waals surface area (Å²) in [4.78, 5) is 0. The molecule has 0 fully saturated rings. The minimum atomic E-state index is 0. The van der Waals surface area contributed by atoms with Gasteiger partial charge in [0.2, 0.25) is 0 Å². The molecule has 0 rings (SSSR count). The van der Waals surface area contributed by atoms with Crippen LogP contribution in [-0.2, 0) is 73.6 Å². The summed E-state index contributed by atoms with van der Waals surface area (Å²) < 4.78 is 0. The molecule has 36 heavy (non-hydrogen) atoms. The third-order valence-electron chi connectivity index (χ3n) is 6.00. The molecule has 0 aliphatic carbocycles. The summed E-state index contributed by atoms with van der Waals surface area (Å²) in [5.41, 5.74) is 0. The van der Waals surface area contributed by atoms with Crippen LogP contribution in [0.4, 0.5) is 0 Å². The van der Waals surface area contributed by atoms with Crippen molar-refractivity contribution < 1.29 is 73.6 Å². The van der Waals surface area contributed by atoms with Crippen LogP contribution in [0.5, 0.6) is 0 Å². The molecule has 0 aromatic carbocycles. The van der Waals surface area contributed by atoms with Gasteiger partial charge in [-0.15, -0.1) is 0 Å². The van der Waals surface area contributed by atoms with E-state index in [1.807, 2.05) is 0 Å². The summed E-state index contributed by atoms with van der Waals surface area (Å²) >= 11 is 0. The molecule has 0 unspecified atom stereocenters. The molecule has 0 N–H and O–H groups in total. The van der Waals surface area contributed by atoms with Gasteiger partial charge in [-0.3, -0.25) is 0 Å². The average molecular weight is 1080 g/mol. The summed E-state index contributed by atoms with van der Waals surface area (Å²) in [6.07, 6.45) is 17.5. The van der Waals surface area contributed by atoms with Gasteiger partial charge in [0.15, 0.2) is 0 Å². The van der Waals surface area contributed by atoms with Crippen molar-refractivity contribution in [2.45, 2.75) is 83.1 Å². The predicted octanol–water partition coefficient (Wildman–Crippen LogP) is 6.97. The van der Waals surface area contributed by atoms with Gasteiger partial charge < -0.3 is 0 Å². The van der Waals surface area contributed by atoms with E-state index in [0.29, 0.717) is 0 Å². The Labute approximate surface area is 326 Å². The fraction of sp³-hybridized carbons (Fsp3) is 1.00. The molecule has 0 aliphatic rings. The molecule has 12 heteroatoms. The molecule has 240 valence electrons. The van der Waals surface area contributed by atoms with Gasteiger partial charge in [0.05, 0.1) is 73.9 Å². The Morgan fingerprint density at radius 3 is 0.333 bits per heavy atom. The van der Waals surface area contributed by atoms with E-state index in [9.17, 15) is 0 Å². The Kier molecular flexibility index (Phi) is 159. The first kappa shape index (κ1) is 78.5. The molecule has 0 saturated heterocycles. The fourth-order valence-electron chi connectivity index (χ4n) is 3.00. The molecule has 0 aromatic heterocycles. The first-order chi connectivity index (χ1) is 13.4. The van der Waals surface area contributed by atoms with Crippen LogP contribution in [0.1, 0.15) is 83.1 Å². The first-order valence-corrected chi connectivity index (χ1v) is 21.2. The second-order valence-corrected chi connectivity index (χ2v) is 21.7. The van der Waals surface area contributed by atoms with Crippen molar-refractivity contribution in [3.8, 4) is 0 Å². The molecule has 0 aliphatic heterocycles. The third kappa shape index (κ3) is 67.7. The van der Waals surface area contributed by atoms with E-state index in [4.69, 9.17) is 0 Å². The Bertz CT molecular complexity index is 189. The monoisotopic (exact) mass is 1080 g/mol. The average Bonchev–Trinajstić information content (AvgIpc) is 2.75. The Morgan fingerprint density at radius 2 is 0.333 bits per heavy atom. The van der Waals surface area contributed by atoms with Gasteiger partial charge in [-0.25, -0.2) is 0 Å². The smallest absolute Gasteiger partial charge is 0 e. The zero-order valence-electron chi connectivity index (χ0n) is 25.5. The topological polar surface area (TPSA) is 0 Å².